The van der Waals surface area contributed by atoms with Gasteiger partial charge in [-0.2, -0.15) is 0 Å². The fourth-order valence-electron chi connectivity index (χ4n) is 3.30. The molecule has 1 unspecified atom stereocenters. The Bertz CT molecular complexity index is 1160. The molecule has 4 rings (SSSR count). The van der Waals surface area contributed by atoms with Crippen molar-refractivity contribution < 1.29 is 9.85 Å². The van der Waals surface area contributed by atoms with Gasteiger partial charge in [-0.05, 0) is 41.5 Å². The molecule has 0 spiro atoms. The van der Waals surface area contributed by atoms with Gasteiger partial charge in [0.05, 0.1) is 28.1 Å². The van der Waals surface area contributed by atoms with E-state index in [9.17, 15) is 20.2 Å². The zero-order valence-corrected chi connectivity index (χ0v) is 16.2. The highest BCUT2D eigenvalue weighted by molar-refractivity contribution is 5.66. The van der Waals surface area contributed by atoms with Crippen molar-refractivity contribution in [2.45, 2.75) is 12.6 Å². The summed E-state index contributed by atoms with van der Waals surface area (Å²) in [6.07, 6.45) is 1.90. The molecule has 0 bridgehead atoms. The summed E-state index contributed by atoms with van der Waals surface area (Å²) >= 11 is 0. The van der Waals surface area contributed by atoms with Crippen molar-refractivity contribution in [1.29, 1.82) is 0 Å². The van der Waals surface area contributed by atoms with Gasteiger partial charge in [0.1, 0.15) is 0 Å². The molecule has 154 valence electrons. The Morgan fingerprint density at radius 3 is 1.97 bits per heavy atom. The third-order valence-corrected chi connectivity index (χ3v) is 4.91. The topological polar surface area (TPSA) is 114 Å². The monoisotopic (exact) mass is 415 g/mol. The largest absolute Gasteiger partial charge is 0.269 e. The molecule has 0 fully saturated rings. The first-order valence-corrected chi connectivity index (χ1v) is 9.44. The van der Waals surface area contributed by atoms with Crippen molar-refractivity contribution >= 4 is 17.1 Å². The van der Waals surface area contributed by atoms with E-state index in [0.29, 0.717) is 17.8 Å². The Morgan fingerprint density at radius 1 is 0.806 bits per heavy atom. The molecule has 0 saturated carbocycles. The zero-order chi connectivity index (χ0) is 21.8. The van der Waals surface area contributed by atoms with Crippen molar-refractivity contribution in [1.82, 2.24) is 5.01 Å². The lowest BCUT2D eigenvalue weighted by Crippen LogP contribution is -2.24. The van der Waals surface area contributed by atoms with Gasteiger partial charge in [-0.25, -0.2) is 0 Å². The summed E-state index contributed by atoms with van der Waals surface area (Å²) in [4.78, 5) is 21.0. The van der Waals surface area contributed by atoms with Gasteiger partial charge >= 0.3 is 0 Å². The lowest BCUT2D eigenvalue weighted by Gasteiger charge is -2.29. The minimum Gasteiger partial charge on any atom is -0.263 e. The number of nitro benzene ring substituents is 2. The van der Waals surface area contributed by atoms with Crippen LogP contribution in [0.3, 0.4) is 0 Å². The van der Waals surface area contributed by atoms with E-state index < -0.39 is 9.85 Å². The summed E-state index contributed by atoms with van der Waals surface area (Å²) in [7, 11) is 0. The van der Waals surface area contributed by atoms with Crippen molar-refractivity contribution in [2.24, 2.45) is 10.3 Å². The van der Waals surface area contributed by atoms with E-state index in [4.69, 9.17) is 0 Å². The van der Waals surface area contributed by atoms with E-state index in [2.05, 4.69) is 10.3 Å². The number of nitrogens with zero attached hydrogens (tertiary/aromatic N) is 5. The molecular formula is C22H17N5O4. The van der Waals surface area contributed by atoms with E-state index in [1.54, 1.807) is 29.3 Å². The summed E-state index contributed by atoms with van der Waals surface area (Å²) in [6.45, 7) is 0.496. The smallest absolute Gasteiger partial charge is 0.263 e. The average molecular weight is 415 g/mol. The van der Waals surface area contributed by atoms with Crippen LogP contribution in [-0.4, -0.2) is 14.9 Å². The number of rotatable bonds is 6. The highest BCUT2D eigenvalue weighted by Crippen LogP contribution is 2.34. The van der Waals surface area contributed by atoms with Gasteiger partial charge in [-0.3, -0.25) is 25.2 Å². The van der Waals surface area contributed by atoms with Crippen LogP contribution in [0.1, 0.15) is 22.7 Å². The molecule has 1 atom stereocenters. The molecule has 0 amide bonds. The number of non-ortho nitro benzene ring substituents is 2. The molecule has 1 heterocycles. The van der Waals surface area contributed by atoms with Crippen molar-refractivity contribution in [3.05, 3.63) is 122 Å². The van der Waals surface area contributed by atoms with Gasteiger partial charge in [0, 0.05) is 29.8 Å². The maximum Gasteiger partial charge on any atom is 0.269 e. The first-order valence-electron chi connectivity index (χ1n) is 9.44. The van der Waals surface area contributed by atoms with E-state index >= 15 is 0 Å². The first-order chi connectivity index (χ1) is 15.0. The van der Waals surface area contributed by atoms with Crippen molar-refractivity contribution in [3.63, 3.8) is 0 Å². The SMILES string of the molecule is O=[N+]([O-])c1ccc(C2=CC(c3ccc([N+](=O)[O-])cc3)N(Cc3ccccc3)N=N2)cc1. The zero-order valence-electron chi connectivity index (χ0n) is 16.2. The molecule has 0 aromatic heterocycles. The summed E-state index contributed by atoms with van der Waals surface area (Å²) in [6, 6.07) is 21.9. The predicted octanol–water partition coefficient (Wildman–Crippen LogP) is 5.47. The molecule has 9 heteroatoms. The summed E-state index contributed by atoms with van der Waals surface area (Å²) < 4.78 is 0. The van der Waals surface area contributed by atoms with Crippen molar-refractivity contribution in [3.8, 4) is 0 Å². The molecule has 1 aliphatic rings. The Balaban J connectivity index is 1.68. The van der Waals surface area contributed by atoms with Gasteiger partial charge in [0.15, 0.2) is 0 Å². The number of nitro groups is 2. The van der Waals surface area contributed by atoms with Crippen LogP contribution < -0.4 is 0 Å². The van der Waals surface area contributed by atoms with Crippen molar-refractivity contribution in [2.75, 3.05) is 0 Å². The molecule has 1 aliphatic heterocycles. The van der Waals surface area contributed by atoms with Gasteiger partial charge in [-0.15, -0.1) is 5.11 Å². The van der Waals surface area contributed by atoms with Gasteiger partial charge in [0.2, 0.25) is 0 Å². The molecule has 9 nitrogen and oxygen atoms in total. The lowest BCUT2D eigenvalue weighted by atomic mass is 10.0. The van der Waals surface area contributed by atoms with E-state index in [-0.39, 0.29) is 17.4 Å². The maximum atomic E-state index is 11.0. The fraction of sp³-hybridized carbons (Fsp3) is 0.0909. The van der Waals surface area contributed by atoms with E-state index in [0.717, 1.165) is 11.1 Å². The van der Waals surface area contributed by atoms with E-state index in [1.165, 1.54) is 24.3 Å². The number of hydrogen-bond donors (Lipinski definition) is 0. The van der Waals surface area contributed by atoms with E-state index in [1.807, 2.05) is 36.4 Å². The normalized spacial score (nSPS) is 15.4. The number of benzene rings is 3. The van der Waals surface area contributed by atoms with Crippen LogP contribution in [0.2, 0.25) is 0 Å². The van der Waals surface area contributed by atoms with Crippen LogP contribution in [0.4, 0.5) is 11.4 Å². The Hall–Kier alpha value is -4.40. The maximum absolute atomic E-state index is 11.0. The molecule has 0 radical (unpaired) electrons. The van der Waals surface area contributed by atoms with Crippen LogP contribution in [0.5, 0.6) is 0 Å². The molecule has 3 aromatic rings. The molecular weight excluding hydrogens is 398 g/mol. The lowest BCUT2D eigenvalue weighted by molar-refractivity contribution is -0.385. The Labute approximate surface area is 177 Å². The molecule has 0 aliphatic carbocycles. The third kappa shape index (κ3) is 4.45. The predicted molar refractivity (Wildman–Crippen MR) is 114 cm³/mol. The fourth-order valence-corrected chi connectivity index (χ4v) is 3.30. The minimum absolute atomic E-state index is 0.00489. The van der Waals surface area contributed by atoms with Gasteiger partial charge in [-0.1, -0.05) is 35.6 Å². The third-order valence-electron chi connectivity index (χ3n) is 4.91. The summed E-state index contributed by atoms with van der Waals surface area (Å²) in [5.41, 5.74) is 3.13. The molecule has 0 saturated heterocycles. The molecule has 0 N–H and O–H groups in total. The van der Waals surface area contributed by atoms with Crippen LogP contribution in [-0.2, 0) is 6.54 Å². The first kappa shape index (κ1) is 19.9. The van der Waals surface area contributed by atoms with Crippen LogP contribution >= 0.6 is 0 Å². The van der Waals surface area contributed by atoms with Crippen LogP contribution in [0.15, 0.2) is 95.3 Å². The second-order valence-electron chi connectivity index (χ2n) is 6.92. The minimum atomic E-state index is -0.457. The highest BCUT2D eigenvalue weighted by atomic mass is 16.6. The number of hydrogen-bond acceptors (Lipinski definition) is 7. The molecule has 31 heavy (non-hydrogen) atoms. The van der Waals surface area contributed by atoms with Crippen LogP contribution in [0, 0.1) is 20.2 Å². The Morgan fingerprint density at radius 2 is 1.39 bits per heavy atom. The second-order valence-corrected chi connectivity index (χ2v) is 6.92. The quantitative estimate of drug-likeness (QED) is 0.391. The molecule has 3 aromatic carbocycles. The standard InChI is InChI=1S/C22H17N5O4/c28-26(29)19-10-6-17(7-11-19)21-14-22(18-8-12-20(13-9-18)27(30)31)25(24-23-21)15-16-4-2-1-3-5-16/h1-14,22H,15H2. The average Bonchev–Trinajstić information content (AvgIpc) is 2.80. The van der Waals surface area contributed by atoms with Gasteiger partial charge in [0.25, 0.3) is 11.4 Å². The summed E-state index contributed by atoms with van der Waals surface area (Å²) in [5.74, 6) is 0. The Kier molecular flexibility index (Phi) is 5.48. The summed E-state index contributed by atoms with van der Waals surface area (Å²) in [5, 5.41) is 32.4. The highest BCUT2D eigenvalue weighted by Gasteiger charge is 2.24. The van der Waals surface area contributed by atoms with Gasteiger partial charge < -0.3 is 0 Å². The van der Waals surface area contributed by atoms with Crippen LogP contribution in [0.25, 0.3) is 5.70 Å². The second kappa shape index (κ2) is 8.54.